The minimum absolute atomic E-state index is 0.678. The molecule has 31 heavy (non-hydrogen) atoms. The number of tetrazole rings is 1. The second kappa shape index (κ2) is 8.59. The van der Waals surface area contributed by atoms with Crippen molar-refractivity contribution < 1.29 is 4.80 Å². The van der Waals surface area contributed by atoms with Crippen molar-refractivity contribution in [3.8, 4) is 22.8 Å². The maximum Gasteiger partial charge on any atom is 0.340 e. The van der Waals surface area contributed by atoms with Crippen molar-refractivity contribution in [1.82, 2.24) is 15.0 Å². The van der Waals surface area contributed by atoms with Crippen molar-refractivity contribution in [2.45, 2.75) is 0 Å². The van der Waals surface area contributed by atoms with E-state index in [9.17, 15) is 0 Å². The summed E-state index contributed by atoms with van der Waals surface area (Å²) in [7, 11) is 0. The predicted molar refractivity (Wildman–Crippen MR) is 124 cm³/mol. The molecule has 5 rings (SSSR count). The van der Waals surface area contributed by atoms with E-state index in [0.29, 0.717) is 5.82 Å². The Kier molecular flexibility index (Phi) is 5.18. The van der Waals surface area contributed by atoms with E-state index in [2.05, 4.69) is 48.6 Å². The van der Waals surface area contributed by atoms with Gasteiger partial charge in [-0.2, -0.15) is 0 Å². The van der Waals surface area contributed by atoms with Gasteiger partial charge in [-0.25, -0.2) is 0 Å². The highest BCUT2D eigenvalue weighted by Gasteiger charge is 2.22. The van der Waals surface area contributed by atoms with Crippen LogP contribution in [-0.4, -0.2) is 15.0 Å². The lowest BCUT2D eigenvalue weighted by molar-refractivity contribution is -0.734. The first-order chi connectivity index (χ1) is 15.4. The Morgan fingerprint density at radius 3 is 1.77 bits per heavy atom. The molecule has 0 aliphatic heterocycles. The van der Waals surface area contributed by atoms with Crippen LogP contribution >= 0.6 is 0 Å². The van der Waals surface area contributed by atoms with E-state index in [1.165, 1.54) is 5.56 Å². The zero-order valence-corrected chi connectivity index (χ0v) is 16.9. The van der Waals surface area contributed by atoms with Gasteiger partial charge in [0.05, 0.1) is 10.7 Å². The average Bonchev–Trinajstić information content (AvgIpc) is 3.30. The van der Waals surface area contributed by atoms with Gasteiger partial charge in [0, 0.05) is 4.80 Å². The molecule has 1 aromatic heterocycles. The molecule has 4 aromatic carbocycles. The maximum absolute atomic E-state index is 4.80. The normalized spacial score (nSPS) is 11.1. The largest absolute Gasteiger partial charge is 0.340 e. The smallest absolute Gasteiger partial charge is 0.0622 e. The lowest BCUT2D eigenvalue weighted by Gasteiger charge is -2.00. The van der Waals surface area contributed by atoms with E-state index >= 15 is 0 Å². The molecule has 1 heterocycles. The molecule has 0 aliphatic rings. The van der Waals surface area contributed by atoms with Gasteiger partial charge >= 0.3 is 5.82 Å². The average molecular weight is 401 g/mol. The summed E-state index contributed by atoms with van der Waals surface area (Å²) >= 11 is 0. The minimum Gasteiger partial charge on any atom is -0.0622 e. The van der Waals surface area contributed by atoms with Crippen molar-refractivity contribution in [3.05, 3.63) is 126 Å². The summed E-state index contributed by atoms with van der Waals surface area (Å²) in [5.41, 5.74) is 5.17. The zero-order valence-electron chi connectivity index (χ0n) is 16.9. The number of hydrogen-bond donors (Lipinski definition) is 0. The van der Waals surface area contributed by atoms with E-state index in [0.717, 1.165) is 22.5 Å². The predicted octanol–water partition coefficient (Wildman–Crippen LogP) is 5.38. The lowest BCUT2D eigenvalue weighted by Crippen LogP contribution is -2.43. The summed E-state index contributed by atoms with van der Waals surface area (Å²) in [5.74, 6) is 0.678. The van der Waals surface area contributed by atoms with Gasteiger partial charge in [-0.15, -0.1) is 0 Å². The molecule has 0 aliphatic carbocycles. The molecule has 0 saturated heterocycles. The Morgan fingerprint density at radius 2 is 1.13 bits per heavy atom. The highest BCUT2D eigenvalue weighted by Crippen LogP contribution is 2.15. The lowest BCUT2D eigenvalue weighted by atomic mass is 10.1. The van der Waals surface area contributed by atoms with Crippen LogP contribution < -0.4 is 4.80 Å². The summed E-state index contributed by atoms with van der Waals surface area (Å²) < 4.78 is 0. The molecule has 0 bridgehead atoms. The molecule has 0 atom stereocenters. The van der Waals surface area contributed by atoms with Crippen molar-refractivity contribution in [2.24, 2.45) is 0 Å². The third-order valence-electron chi connectivity index (χ3n) is 4.97. The fourth-order valence-corrected chi connectivity index (χ4v) is 3.36. The fourth-order valence-electron chi connectivity index (χ4n) is 3.36. The number of rotatable bonds is 5. The summed E-state index contributed by atoms with van der Waals surface area (Å²) in [6.07, 6.45) is 4.23. The van der Waals surface area contributed by atoms with Crippen LogP contribution in [0.2, 0.25) is 0 Å². The first-order valence-corrected chi connectivity index (χ1v) is 10.2. The van der Waals surface area contributed by atoms with Crippen LogP contribution in [0.3, 0.4) is 0 Å². The molecule has 0 fully saturated rings. The first-order valence-electron chi connectivity index (χ1n) is 10.2. The quantitative estimate of drug-likeness (QED) is 0.293. The van der Waals surface area contributed by atoms with Gasteiger partial charge < -0.3 is 0 Å². The number of para-hydroxylation sites is 1. The van der Waals surface area contributed by atoms with Gasteiger partial charge in [0.2, 0.25) is 0 Å². The molecule has 0 amide bonds. The van der Waals surface area contributed by atoms with E-state index in [-0.39, 0.29) is 0 Å². The summed E-state index contributed by atoms with van der Waals surface area (Å²) in [6.45, 7) is 0. The SMILES string of the molecule is C(=Cc1ccc(-[n+]2nc(-c3ccccc3)nn2-c2ccccc2)cc1)c1ccccc1. The van der Waals surface area contributed by atoms with Crippen LogP contribution in [0.1, 0.15) is 11.1 Å². The molecular weight excluding hydrogens is 380 g/mol. The fraction of sp³-hybridized carbons (Fsp3) is 0. The molecule has 5 aromatic rings. The van der Waals surface area contributed by atoms with Crippen molar-refractivity contribution >= 4 is 12.2 Å². The molecule has 0 radical (unpaired) electrons. The molecule has 0 saturated carbocycles. The highest BCUT2D eigenvalue weighted by atomic mass is 15.7. The molecule has 0 unspecified atom stereocenters. The number of aromatic nitrogens is 4. The van der Waals surface area contributed by atoms with Gasteiger partial charge in [0.25, 0.3) is 0 Å². The number of benzene rings is 4. The van der Waals surface area contributed by atoms with Crippen LogP contribution in [0.25, 0.3) is 34.9 Å². The van der Waals surface area contributed by atoms with E-state index in [4.69, 9.17) is 10.2 Å². The first kappa shape index (κ1) is 18.7. The third kappa shape index (κ3) is 4.19. The van der Waals surface area contributed by atoms with Crippen LogP contribution in [0, 0.1) is 0 Å². The molecular formula is C27H21N4+. The van der Waals surface area contributed by atoms with E-state index < -0.39 is 0 Å². The van der Waals surface area contributed by atoms with E-state index in [1.807, 2.05) is 88.5 Å². The van der Waals surface area contributed by atoms with Crippen molar-refractivity contribution in [2.75, 3.05) is 0 Å². The van der Waals surface area contributed by atoms with E-state index in [1.54, 1.807) is 0 Å². The Hall–Kier alpha value is -4.31. The monoisotopic (exact) mass is 401 g/mol. The van der Waals surface area contributed by atoms with Gasteiger partial charge in [0.1, 0.15) is 5.69 Å². The topological polar surface area (TPSA) is 34.6 Å². The summed E-state index contributed by atoms with van der Waals surface area (Å²) in [4.78, 5) is 3.67. The standard InChI is InChI=1S/C27H21N4/c1-4-10-22(11-5-1)16-17-23-18-20-26(21-19-23)31-29-27(24-12-6-2-7-13-24)28-30(31)25-14-8-3-9-15-25/h1-21H/q+1. The van der Waals surface area contributed by atoms with Gasteiger partial charge in [-0.1, -0.05) is 91.0 Å². The molecule has 148 valence electrons. The Bertz CT molecular complexity index is 1290. The van der Waals surface area contributed by atoms with Crippen LogP contribution in [0.4, 0.5) is 0 Å². The Balaban J connectivity index is 1.51. The number of nitrogens with zero attached hydrogens (tertiary/aromatic N) is 4. The second-order valence-electron chi connectivity index (χ2n) is 7.14. The van der Waals surface area contributed by atoms with Gasteiger partial charge in [0.15, 0.2) is 5.69 Å². The highest BCUT2D eigenvalue weighted by molar-refractivity contribution is 5.69. The zero-order chi connectivity index (χ0) is 20.9. The van der Waals surface area contributed by atoms with Crippen molar-refractivity contribution in [3.63, 3.8) is 0 Å². The van der Waals surface area contributed by atoms with Crippen LogP contribution in [-0.2, 0) is 0 Å². The molecule has 0 spiro atoms. The number of hydrogen-bond acceptors (Lipinski definition) is 2. The molecule has 4 heteroatoms. The minimum atomic E-state index is 0.678. The molecule has 4 nitrogen and oxygen atoms in total. The van der Waals surface area contributed by atoms with Crippen molar-refractivity contribution in [1.29, 1.82) is 0 Å². The van der Waals surface area contributed by atoms with Gasteiger partial charge in [-0.05, 0) is 57.4 Å². The Labute approximate surface area is 181 Å². The summed E-state index contributed by atoms with van der Waals surface area (Å²) in [5, 5.41) is 9.58. The Morgan fingerprint density at radius 1 is 0.581 bits per heavy atom. The third-order valence-corrected chi connectivity index (χ3v) is 4.97. The van der Waals surface area contributed by atoms with Crippen LogP contribution in [0.15, 0.2) is 115 Å². The second-order valence-corrected chi connectivity index (χ2v) is 7.14. The summed E-state index contributed by atoms with van der Waals surface area (Å²) in [6, 6.07) is 38.7. The maximum atomic E-state index is 4.80. The molecule has 0 N–H and O–H groups in total. The van der Waals surface area contributed by atoms with Crippen LogP contribution in [0.5, 0.6) is 0 Å². The van der Waals surface area contributed by atoms with Gasteiger partial charge in [-0.3, -0.25) is 0 Å².